The zero-order valence-electron chi connectivity index (χ0n) is 55.1. The third-order valence-corrected chi connectivity index (χ3v) is 24.9. The molecule has 0 aromatic heterocycles. The average molecular weight is 1380 g/mol. The molecule has 11 aliphatic rings. The SMILES string of the molecule is C[C@@H]1O[C@@H](O[C@H]2[C@@H](O)[C@@H](C)O[C@@H](OC(=O)[C@]34CCC(C)(C)C[C@H]3C3=CC[C@@H]5[C@@]6(C)C[C@H](O)[C@H](O[C@@H]7O[C@H](CO)[C@@H](O)[C@H](O)[C@H]7O)[C@@](C)(C(=O)O)[C@@H]6CC[C@@]5(C)[C@]3(CO)CC4)[C@@H]2O[C@@H]2O[C@@H](C)[C@H](O[C@@H]3OC[C@@H](O)[C@H](O)[C@H]3O)[C@@H](O[C@H]3OC[C@](O)(CO)[C@H]3O)[C@H]2O)[C@H](O)[C@H](O)[C@H]1O. The highest BCUT2D eigenvalue weighted by Gasteiger charge is 2.74. The first-order valence-electron chi connectivity index (χ1n) is 33.6. The Morgan fingerprint density at radius 2 is 1.11 bits per heavy atom. The van der Waals surface area contributed by atoms with Gasteiger partial charge in [-0.15, -0.1) is 0 Å². The van der Waals surface area contributed by atoms with Crippen molar-refractivity contribution in [3.63, 3.8) is 0 Å². The minimum Gasteiger partial charge on any atom is -0.481 e. The fourth-order valence-corrected chi connectivity index (χ4v) is 19.0. The fourth-order valence-electron chi connectivity index (χ4n) is 19.0. The van der Waals surface area contributed by atoms with Crippen LogP contribution in [0.25, 0.3) is 0 Å². The second-order valence-corrected chi connectivity index (χ2v) is 30.9. The van der Waals surface area contributed by atoms with E-state index in [2.05, 4.69) is 20.8 Å². The zero-order valence-corrected chi connectivity index (χ0v) is 55.1. The smallest absolute Gasteiger partial charge is 0.315 e. The van der Waals surface area contributed by atoms with E-state index in [1.54, 1.807) is 0 Å². The number of carboxylic acids is 1. The van der Waals surface area contributed by atoms with Gasteiger partial charge in [-0.05, 0) is 119 Å². The van der Waals surface area contributed by atoms with Gasteiger partial charge in [0.05, 0.1) is 68.3 Å². The Morgan fingerprint density at radius 3 is 1.76 bits per heavy atom. The van der Waals surface area contributed by atoms with E-state index in [1.165, 1.54) is 27.7 Å². The summed E-state index contributed by atoms with van der Waals surface area (Å²) in [4.78, 5) is 30.0. The zero-order chi connectivity index (χ0) is 70.2. The summed E-state index contributed by atoms with van der Waals surface area (Å²) in [6.07, 6.45) is -43.8. The van der Waals surface area contributed by atoms with Crippen molar-refractivity contribution in [1.29, 1.82) is 0 Å². The molecule has 0 aromatic carbocycles. The van der Waals surface area contributed by atoms with Crippen molar-refractivity contribution < 1.29 is 158 Å². The topological polar surface area (TPSA) is 509 Å². The van der Waals surface area contributed by atoms with E-state index < -0.39 is 273 Å². The van der Waals surface area contributed by atoms with Crippen LogP contribution in [0.4, 0.5) is 0 Å². The molecule has 10 fully saturated rings. The van der Waals surface area contributed by atoms with Crippen molar-refractivity contribution in [2.75, 3.05) is 33.0 Å². The summed E-state index contributed by atoms with van der Waals surface area (Å²) in [6.45, 7) is 10.5. The number of aliphatic hydroxyl groups excluding tert-OH is 16. The minimum atomic E-state index is -2.25. The summed E-state index contributed by atoms with van der Waals surface area (Å²) < 4.78 is 73.4. The number of carbonyl (C=O) groups is 2. The number of allylic oxidation sites excluding steroid dienone is 1. The van der Waals surface area contributed by atoms with Gasteiger partial charge >= 0.3 is 11.9 Å². The van der Waals surface area contributed by atoms with Crippen LogP contribution in [0.5, 0.6) is 0 Å². The van der Waals surface area contributed by atoms with Crippen LogP contribution in [-0.2, 0) is 66.4 Å². The van der Waals surface area contributed by atoms with Crippen molar-refractivity contribution in [1.82, 2.24) is 0 Å². The van der Waals surface area contributed by atoms with Crippen LogP contribution < -0.4 is 0 Å². The van der Waals surface area contributed by atoms with Gasteiger partial charge in [-0.3, -0.25) is 9.59 Å². The van der Waals surface area contributed by atoms with E-state index in [4.69, 9.17) is 56.8 Å². The molecule has 0 radical (unpaired) electrons. The first-order valence-corrected chi connectivity index (χ1v) is 33.6. The van der Waals surface area contributed by atoms with Gasteiger partial charge < -0.3 is 149 Å². The molecule has 96 heavy (non-hydrogen) atoms. The van der Waals surface area contributed by atoms with E-state index in [9.17, 15) is 96.7 Å². The number of carbonyl (C=O) groups excluding carboxylic acids is 1. The summed E-state index contributed by atoms with van der Waals surface area (Å²) in [5.74, 6) is -3.86. The highest BCUT2D eigenvalue weighted by Crippen LogP contribution is 2.76. The molecule has 5 aliphatic carbocycles. The van der Waals surface area contributed by atoms with E-state index in [-0.39, 0.29) is 32.1 Å². The standard InChI is InChI=1S/C64H102O32/c1-24-34(70)38(74)41(77)51(87-24)92-45-35(71)25(2)88-54(47(45)94-53-43(79)46(93-55-48(80)64(84,22-67)23-86-55)44(26(3)89-53)91-50-40(76)36(72)30(69)20-85-50)96-57(83)62-14-13-58(4,5)17-28(62)27-9-10-32-59(6)18-29(68)49(95-52-42(78)39(75)37(73)31(19-65)90-52)61(8,56(81)82)33(59)11-12-60(32,7)63(27,21-66)16-15-62/h9,24-26,28-55,65-80,84H,10-23H2,1-8H3,(H,81,82)/t24-,25+,26-,28-,29-,30+,31+,32+,33+,34-,35-,36-,37+,38+,39-,40+,41+,42+,43+,44-,45-,46-,47+,48-,49-,50-,51-,52-,53-,54-,55+,59+,60+,61-,62-,63-,64+/m0/s1. The van der Waals surface area contributed by atoms with Crippen molar-refractivity contribution in [3.05, 3.63) is 11.6 Å². The van der Waals surface area contributed by atoms with E-state index in [0.29, 0.717) is 25.7 Å². The van der Waals surface area contributed by atoms with Gasteiger partial charge in [-0.1, -0.05) is 39.3 Å². The highest BCUT2D eigenvalue weighted by atomic mass is 16.8. The number of rotatable bonds is 16. The number of hydrogen-bond acceptors (Lipinski definition) is 31. The number of ether oxygens (including phenoxy) is 12. The summed E-state index contributed by atoms with van der Waals surface area (Å²) in [7, 11) is 0. The van der Waals surface area contributed by atoms with Gasteiger partial charge in [-0.25, -0.2) is 0 Å². The highest BCUT2D eigenvalue weighted by molar-refractivity contribution is 5.79. The molecule has 32 nitrogen and oxygen atoms in total. The second kappa shape index (κ2) is 27.3. The molecular formula is C64H102O32. The summed E-state index contributed by atoms with van der Waals surface area (Å²) >= 11 is 0. The van der Waals surface area contributed by atoms with Crippen molar-refractivity contribution in [2.45, 2.75) is 291 Å². The number of hydrogen-bond donors (Lipinski definition) is 18. The summed E-state index contributed by atoms with van der Waals surface area (Å²) in [6, 6.07) is 0. The lowest BCUT2D eigenvalue weighted by Crippen LogP contribution is -2.71. The monoisotopic (exact) mass is 1380 g/mol. The van der Waals surface area contributed by atoms with Crippen LogP contribution in [0.2, 0.25) is 0 Å². The summed E-state index contributed by atoms with van der Waals surface area (Å²) in [5.41, 5.74) is -7.97. The Morgan fingerprint density at radius 1 is 0.542 bits per heavy atom. The van der Waals surface area contributed by atoms with Crippen molar-refractivity contribution >= 4 is 11.9 Å². The molecule has 0 unspecified atom stereocenters. The molecule has 11 rings (SSSR count). The largest absolute Gasteiger partial charge is 0.481 e. The molecule has 0 spiro atoms. The maximum atomic E-state index is 16.1. The first kappa shape index (κ1) is 74.7. The van der Waals surface area contributed by atoms with Crippen LogP contribution in [0.1, 0.15) is 113 Å². The molecule has 0 aromatic rings. The van der Waals surface area contributed by atoms with Crippen molar-refractivity contribution in [2.24, 2.45) is 50.2 Å². The molecule has 6 aliphatic heterocycles. The predicted octanol–water partition coefficient (Wildman–Crippen LogP) is -5.02. The minimum absolute atomic E-state index is 0.0105. The Kier molecular flexibility index (Phi) is 21.3. The van der Waals surface area contributed by atoms with Crippen LogP contribution in [0.15, 0.2) is 11.6 Å². The van der Waals surface area contributed by atoms with Crippen molar-refractivity contribution in [3.8, 4) is 0 Å². The second-order valence-electron chi connectivity index (χ2n) is 30.9. The van der Waals surface area contributed by atoms with E-state index in [0.717, 1.165) is 5.57 Å². The maximum absolute atomic E-state index is 16.1. The normalized spacial score (nSPS) is 55.0. The van der Waals surface area contributed by atoms with Gasteiger partial charge in [0.2, 0.25) is 6.29 Å². The molecular weight excluding hydrogens is 1280 g/mol. The first-order chi connectivity index (χ1) is 44.9. The van der Waals surface area contributed by atoms with Gasteiger partial charge in [0, 0.05) is 5.41 Å². The molecule has 6 saturated heterocycles. The maximum Gasteiger partial charge on any atom is 0.315 e. The van der Waals surface area contributed by atoms with Gasteiger partial charge in [0.15, 0.2) is 37.6 Å². The Hall–Kier alpha value is -2.44. The molecule has 550 valence electrons. The van der Waals surface area contributed by atoms with Crippen LogP contribution in [0.3, 0.4) is 0 Å². The van der Waals surface area contributed by atoms with E-state index in [1.807, 2.05) is 13.0 Å². The lowest BCUT2D eigenvalue weighted by molar-refractivity contribution is -0.397. The Labute approximate surface area is 554 Å². The van der Waals surface area contributed by atoms with Gasteiger partial charge in [0.25, 0.3) is 0 Å². The Bertz CT molecular complexity index is 2780. The molecule has 6 heterocycles. The van der Waals surface area contributed by atoms with Crippen LogP contribution in [-0.4, -0.2) is 315 Å². The number of carboxylic acid groups (broad SMARTS) is 1. The molecule has 18 N–H and O–H groups in total. The summed E-state index contributed by atoms with van der Waals surface area (Å²) in [5, 5.41) is 200. The quantitative estimate of drug-likeness (QED) is 0.0391. The lowest BCUT2D eigenvalue weighted by Gasteiger charge is -2.71. The molecule has 32 heteroatoms. The third-order valence-electron chi connectivity index (χ3n) is 24.9. The number of fused-ring (bicyclic) bond motifs is 7. The van der Waals surface area contributed by atoms with Crippen LogP contribution >= 0.6 is 0 Å². The molecule has 4 saturated carbocycles. The predicted molar refractivity (Wildman–Crippen MR) is 317 cm³/mol. The van der Waals surface area contributed by atoms with Gasteiger partial charge in [0.1, 0.15) is 109 Å². The lowest BCUT2D eigenvalue weighted by atomic mass is 9.33. The number of aliphatic carboxylic acids is 1. The number of aliphatic hydroxyl groups is 17. The van der Waals surface area contributed by atoms with E-state index >= 15 is 4.79 Å². The third kappa shape index (κ3) is 12.2. The molecule has 0 bridgehead atoms. The Balaban J connectivity index is 0.921. The van der Waals surface area contributed by atoms with Gasteiger partial charge in [-0.2, -0.15) is 0 Å². The number of esters is 1. The molecule has 0 amide bonds. The van der Waals surface area contributed by atoms with Crippen LogP contribution in [0, 0.1) is 50.2 Å². The fraction of sp³-hybridized carbons (Fsp3) is 0.938. The molecule has 37 atom stereocenters. The average Bonchev–Trinajstić information content (AvgIpc) is 0.699.